The first-order chi connectivity index (χ1) is 16.2. The highest BCUT2D eigenvalue weighted by Gasteiger charge is 2.63. The van der Waals surface area contributed by atoms with E-state index in [-0.39, 0.29) is 35.3 Å². The Hall–Kier alpha value is -3.68. The van der Waals surface area contributed by atoms with Gasteiger partial charge in [-0.2, -0.15) is 5.10 Å². The van der Waals surface area contributed by atoms with E-state index in [2.05, 4.69) is 25.9 Å². The molecule has 3 aliphatic rings. The lowest BCUT2D eigenvalue weighted by atomic mass is 9.92. The summed E-state index contributed by atoms with van der Waals surface area (Å²) in [7, 11) is 1.77. The van der Waals surface area contributed by atoms with Crippen LogP contribution in [0.1, 0.15) is 43.4 Å². The Labute approximate surface area is 197 Å². The monoisotopic (exact) mass is 457 g/mol. The number of carbonyl (C=O) groups excluding carboxylic acids is 3. The number of piperazine rings is 1. The Morgan fingerprint density at radius 1 is 1.06 bits per heavy atom. The second kappa shape index (κ2) is 6.91. The third kappa shape index (κ3) is 2.77. The van der Waals surface area contributed by atoms with Gasteiger partial charge in [-0.3, -0.25) is 14.3 Å². The fraction of sp³-hybridized carbons (Fsp3) is 0.385. The predicted octanol–water partition coefficient (Wildman–Crippen LogP) is 3.30. The third-order valence-electron chi connectivity index (χ3n) is 7.40. The van der Waals surface area contributed by atoms with Crippen LogP contribution in [0.3, 0.4) is 0 Å². The molecule has 0 N–H and O–H groups in total. The molecule has 1 aromatic heterocycles. The summed E-state index contributed by atoms with van der Waals surface area (Å²) in [5.41, 5.74) is 1.77. The van der Waals surface area contributed by atoms with Gasteiger partial charge in [-0.25, -0.2) is 9.69 Å². The molecule has 34 heavy (non-hydrogen) atoms. The number of rotatable bonds is 2. The lowest BCUT2D eigenvalue weighted by Crippen LogP contribution is -2.55. The van der Waals surface area contributed by atoms with Crippen molar-refractivity contribution < 1.29 is 14.4 Å². The molecular weight excluding hydrogens is 430 g/mol. The van der Waals surface area contributed by atoms with Crippen LogP contribution in [0.5, 0.6) is 0 Å². The molecule has 0 aliphatic carbocycles. The van der Waals surface area contributed by atoms with Crippen molar-refractivity contribution in [1.29, 1.82) is 0 Å². The second-order valence-electron chi connectivity index (χ2n) is 10.5. The number of urea groups is 1. The highest BCUT2D eigenvalue weighted by atomic mass is 16.2. The van der Waals surface area contributed by atoms with E-state index in [0.717, 1.165) is 16.5 Å². The van der Waals surface area contributed by atoms with Gasteiger partial charge in [0.25, 0.3) is 11.8 Å². The van der Waals surface area contributed by atoms with Crippen LogP contribution in [-0.2, 0) is 17.3 Å². The molecule has 3 aliphatic heterocycles. The minimum atomic E-state index is -0.649. The normalized spacial score (nSPS) is 24.0. The number of aryl methyl sites for hydroxylation is 1. The van der Waals surface area contributed by atoms with Crippen molar-refractivity contribution in [2.75, 3.05) is 11.4 Å². The lowest BCUT2D eigenvalue weighted by Gasteiger charge is -2.34. The molecule has 2 bridgehead atoms. The van der Waals surface area contributed by atoms with Gasteiger partial charge < -0.3 is 9.80 Å². The number of hydrogen-bond acceptors (Lipinski definition) is 4. The highest BCUT2D eigenvalue weighted by Crippen LogP contribution is 2.44. The highest BCUT2D eigenvalue weighted by molar-refractivity contribution is 6.25. The van der Waals surface area contributed by atoms with E-state index in [4.69, 9.17) is 0 Å². The summed E-state index contributed by atoms with van der Waals surface area (Å²) in [4.78, 5) is 45.4. The van der Waals surface area contributed by atoms with Crippen molar-refractivity contribution in [1.82, 2.24) is 19.6 Å². The molecule has 2 aromatic carbocycles. The maximum Gasteiger partial charge on any atom is 0.332 e. The lowest BCUT2D eigenvalue weighted by molar-refractivity contribution is -0.121. The Balaban J connectivity index is 1.33. The van der Waals surface area contributed by atoms with Gasteiger partial charge in [0.05, 0.1) is 23.5 Å². The van der Waals surface area contributed by atoms with Crippen molar-refractivity contribution in [2.24, 2.45) is 7.05 Å². The Kier molecular flexibility index (Phi) is 4.25. The number of hydrogen-bond donors (Lipinski definition) is 0. The second-order valence-corrected chi connectivity index (χ2v) is 10.5. The number of amides is 4. The van der Waals surface area contributed by atoms with Crippen molar-refractivity contribution in [2.45, 2.75) is 50.7 Å². The van der Waals surface area contributed by atoms with Gasteiger partial charge in [0.1, 0.15) is 11.7 Å². The van der Waals surface area contributed by atoms with Gasteiger partial charge in [-0.1, -0.05) is 57.2 Å². The smallest absolute Gasteiger partial charge is 0.330 e. The molecule has 4 heterocycles. The standard InChI is InChI=1S/C26H27N5O3/c1-26(2,3)21-13-20(28(4)27-21)23(32)29-14-16-12-19(29)22-24(33)31(25(34)30(16)22)18-11-7-9-15-8-5-6-10-17(15)18/h5-11,13,16,19,22H,12,14H2,1-4H3/t16-,19?,22+/m1/s1. The average Bonchev–Trinajstić information content (AvgIpc) is 3.55. The van der Waals surface area contributed by atoms with Crippen LogP contribution < -0.4 is 4.90 Å². The van der Waals surface area contributed by atoms with Crippen LogP contribution >= 0.6 is 0 Å². The number of carbonyl (C=O) groups is 3. The molecule has 3 atom stereocenters. The molecule has 3 aromatic rings. The van der Waals surface area contributed by atoms with E-state index in [1.165, 1.54) is 4.90 Å². The third-order valence-corrected chi connectivity index (χ3v) is 7.40. The van der Waals surface area contributed by atoms with Crippen molar-refractivity contribution in [3.05, 3.63) is 59.9 Å². The summed E-state index contributed by atoms with van der Waals surface area (Å²) in [5, 5.41) is 6.37. The molecular formula is C26H27N5O3. The van der Waals surface area contributed by atoms with Crippen LogP contribution in [0.4, 0.5) is 10.5 Å². The summed E-state index contributed by atoms with van der Waals surface area (Å²) in [6.45, 7) is 6.61. The van der Waals surface area contributed by atoms with Crippen molar-refractivity contribution in [3.8, 4) is 0 Å². The molecule has 8 heteroatoms. The Morgan fingerprint density at radius 2 is 1.79 bits per heavy atom. The quantitative estimate of drug-likeness (QED) is 0.553. The summed E-state index contributed by atoms with van der Waals surface area (Å²) in [6.07, 6.45) is 0.626. The van der Waals surface area contributed by atoms with Crippen LogP contribution in [-0.4, -0.2) is 62.1 Å². The minimum Gasteiger partial charge on any atom is -0.330 e. The van der Waals surface area contributed by atoms with Crippen LogP contribution in [0.15, 0.2) is 48.5 Å². The first-order valence-electron chi connectivity index (χ1n) is 11.7. The maximum absolute atomic E-state index is 13.6. The van der Waals surface area contributed by atoms with E-state index >= 15 is 0 Å². The number of nitrogens with zero attached hydrogens (tertiary/aromatic N) is 5. The van der Waals surface area contributed by atoms with Crippen molar-refractivity contribution in [3.63, 3.8) is 0 Å². The average molecular weight is 458 g/mol. The van der Waals surface area contributed by atoms with Crippen LogP contribution in [0, 0.1) is 0 Å². The SMILES string of the molecule is Cn1nc(C(C)(C)C)cc1C(=O)N1C[C@H]2CC1[C@H]1C(=O)N(c3cccc4ccccc34)C(=O)N21. The van der Waals surface area contributed by atoms with E-state index in [9.17, 15) is 14.4 Å². The van der Waals surface area contributed by atoms with E-state index in [1.54, 1.807) is 21.5 Å². The molecule has 4 amide bonds. The molecule has 0 spiro atoms. The topological polar surface area (TPSA) is 78.8 Å². The van der Waals surface area contributed by atoms with Crippen LogP contribution in [0.2, 0.25) is 0 Å². The molecule has 8 nitrogen and oxygen atoms in total. The fourth-order valence-electron chi connectivity index (χ4n) is 5.70. The number of imide groups is 1. The van der Waals surface area contributed by atoms with Gasteiger partial charge >= 0.3 is 6.03 Å². The minimum absolute atomic E-state index is 0.137. The summed E-state index contributed by atoms with van der Waals surface area (Å²) in [6, 6.07) is 13.8. The van der Waals surface area contributed by atoms with Gasteiger partial charge in [-0.15, -0.1) is 0 Å². The fourth-order valence-corrected chi connectivity index (χ4v) is 5.70. The maximum atomic E-state index is 13.6. The first kappa shape index (κ1) is 20.9. The number of benzene rings is 2. The molecule has 6 rings (SSSR count). The van der Waals surface area contributed by atoms with Crippen molar-refractivity contribution >= 4 is 34.3 Å². The van der Waals surface area contributed by atoms with Gasteiger partial charge in [0, 0.05) is 24.4 Å². The van der Waals surface area contributed by atoms with E-state index in [0.29, 0.717) is 24.3 Å². The number of likely N-dealkylation sites (tertiary alicyclic amines) is 1. The molecule has 3 fully saturated rings. The molecule has 174 valence electrons. The molecule has 1 unspecified atom stereocenters. The summed E-state index contributed by atoms with van der Waals surface area (Å²) < 4.78 is 1.62. The predicted molar refractivity (Wildman–Crippen MR) is 128 cm³/mol. The van der Waals surface area contributed by atoms with E-state index < -0.39 is 6.04 Å². The Morgan fingerprint density at radius 3 is 2.53 bits per heavy atom. The zero-order valence-electron chi connectivity index (χ0n) is 19.7. The van der Waals surface area contributed by atoms with E-state index in [1.807, 2.05) is 48.5 Å². The number of fused-ring (bicyclic) bond motifs is 6. The van der Waals surface area contributed by atoms with Gasteiger partial charge in [0.2, 0.25) is 0 Å². The molecule has 3 saturated heterocycles. The summed E-state index contributed by atoms with van der Waals surface area (Å²) >= 11 is 0. The molecule has 0 saturated carbocycles. The molecule has 0 radical (unpaired) electrons. The van der Waals surface area contributed by atoms with Gasteiger partial charge in [-0.05, 0) is 23.9 Å². The first-order valence-corrected chi connectivity index (χ1v) is 11.7. The largest absolute Gasteiger partial charge is 0.332 e. The Bertz CT molecular complexity index is 1370. The summed E-state index contributed by atoms with van der Waals surface area (Å²) in [5.74, 6) is -0.395. The van der Waals surface area contributed by atoms with Crippen LogP contribution in [0.25, 0.3) is 10.8 Å². The van der Waals surface area contributed by atoms with Gasteiger partial charge in [0.15, 0.2) is 0 Å². The number of aromatic nitrogens is 2. The zero-order valence-corrected chi connectivity index (χ0v) is 19.7. The number of anilines is 1. The zero-order chi connectivity index (χ0) is 23.9.